The summed E-state index contributed by atoms with van der Waals surface area (Å²) in [6.45, 7) is 2.17. The summed E-state index contributed by atoms with van der Waals surface area (Å²) in [5.74, 6) is 3.80. The Hall–Kier alpha value is -5.72. The third-order valence-electron chi connectivity index (χ3n) is 8.97. The number of esters is 2. The minimum absolute atomic E-state index is 0.0795. The highest BCUT2D eigenvalue weighted by Crippen LogP contribution is 2.44. The Balaban J connectivity index is 1.01. The number of nitrogens with one attached hydrogen (secondary N) is 3. The van der Waals surface area contributed by atoms with Gasteiger partial charge in [0.25, 0.3) is 5.91 Å². The zero-order valence-corrected chi connectivity index (χ0v) is 28.0. The maximum atomic E-state index is 13.2. The predicted molar refractivity (Wildman–Crippen MR) is 190 cm³/mol. The Labute approximate surface area is 291 Å². The maximum absolute atomic E-state index is 13.2. The van der Waals surface area contributed by atoms with Crippen molar-refractivity contribution in [3.63, 3.8) is 0 Å². The number of amides is 2. The summed E-state index contributed by atoms with van der Waals surface area (Å²) < 4.78 is 10.7. The quantitative estimate of drug-likeness (QED) is 0.136. The van der Waals surface area contributed by atoms with E-state index in [0.29, 0.717) is 29.4 Å². The zero-order valence-electron chi connectivity index (χ0n) is 28.0. The molecule has 1 saturated carbocycles. The van der Waals surface area contributed by atoms with Crippen LogP contribution in [0, 0.1) is 17.8 Å². The van der Waals surface area contributed by atoms with E-state index in [2.05, 4.69) is 52.1 Å². The van der Waals surface area contributed by atoms with Crippen LogP contribution in [0.25, 0.3) is 11.1 Å². The number of fused-ring (bicyclic) bond motifs is 3. The van der Waals surface area contributed by atoms with Gasteiger partial charge in [0, 0.05) is 34.3 Å². The summed E-state index contributed by atoms with van der Waals surface area (Å²) in [7, 11) is 1.24. The van der Waals surface area contributed by atoms with Crippen LogP contribution in [0.15, 0.2) is 97.1 Å². The van der Waals surface area contributed by atoms with Gasteiger partial charge in [-0.1, -0.05) is 67.3 Å². The Bertz CT molecular complexity index is 1890. The van der Waals surface area contributed by atoms with Crippen LogP contribution in [0.5, 0.6) is 0 Å². The lowest BCUT2D eigenvalue weighted by Gasteiger charge is -2.23. The molecule has 50 heavy (non-hydrogen) atoms. The average molecular weight is 670 g/mol. The summed E-state index contributed by atoms with van der Waals surface area (Å²) in [6.07, 6.45) is 2.16. The third-order valence-corrected chi connectivity index (χ3v) is 8.97. The molecule has 4 aromatic rings. The van der Waals surface area contributed by atoms with Gasteiger partial charge in [0.2, 0.25) is 5.91 Å². The number of carbonyl (C=O) groups is 4. The smallest absolute Gasteiger partial charge is 0.328 e. The number of anilines is 1. The maximum Gasteiger partial charge on any atom is 0.328 e. The first-order chi connectivity index (χ1) is 24.3. The van der Waals surface area contributed by atoms with Gasteiger partial charge in [-0.25, -0.2) is 4.79 Å². The summed E-state index contributed by atoms with van der Waals surface area (Å²) in [5.41, 5.74) is 6.98. The number of hydrogen-bond donors (Lipinski definition) is 3. The van der Waals surface area contributed by atoms with Gasteiger partial charge in [-0.2, -0.15) is 0 Å². The Morgan fingerprint density at radius 3 is 1.96 bits per heavy atom. The molecule has 2 amide bonds. The molecule has 0 aliphatic heterocycles. The first kappa shape index (κ1) is 34.2. The number of hydrogen-bond acceptors (Lipinski definition) is 7. The molecule has 2 aliphatic carbocycles. The normalized spacial score (nSPS) is 14.2. The van der Waals surface area contributed by atoms with Crippen LogP contribution in [0.3, 0.4) is 0 Å². The van der Waals surface area contributed by atoms with Gasteiger partial charge in [-0.05, 0) is 89.5 Å². The molecule has 9 nitrogen and oxygen atoms in total. The van der Waals surface area contributed by atoms with Gasteiger partial charge in [0.1, 0.15) is 12.6 Å². The average Bonchev–Trinajstić information content (AvgIpc) is 3.92. The molecule has 0 radical (unpaired) electrons. The van der Waals surface area contributed by atoms with Gasteiger partial charge >= 0.3 is 11.9 Å². The van der Waals surface area contributed by atoms with Crippen LogP contribution in [0.1, 0.15) is 64.7 Å². The fraction of sp³-hybridized carbons (Fsp3) is 0.268. The SMILES string of the molecule is COC(=O)[C@@H](NC(=O)c1ccc(C#Cc2ccc(NC(=O)CNC3CC3)cc2)cc1)[C@@H](C)CC(=O)OCC1c2ccccc2-c2ccccc21. The molecule has 254 valence electrons. The topological polar surface area (TPSA) is 123 Å². The van der Waals surface area contributed by atoms with Crippen molar-refractivity contribution >= 4 is 29.4 Å². The van der Waals surface area contributed by atoms with Gasteiger partial charge in [0.15, 0.2) is 0 Å². The molecule has 1 fully saturated rings. The van der Waals surface area contributed by atoms with E-state index in [9.17, 15) is 19.2 Å². The lowest BCUT2D eigenvalue weighted by Crippen LogP contribution is -2.46. The molecule has 0 unspecified atom stereocenters. The van der Waals surface area contributed by atoms with Crippen LogP contribution in [0.4, 0.5) is 5.69 Å². The summed E-state index contributed by atoms with van der Waals surface area (Å²) in [5, 5.41) is 8.78. The first-order valence-electron chi connectivity index (χ1n) is 16.8. The van der Waals surface area contributed by atoms with Gasteiger partial charge < -0.3 is 25.4 Å². The summed E-state index contributed by atoms with van der Waals surface area (Å²) >= 11 is 0. The first-order valence-corrected chi connectivity index (χ1v) is 16.8. The number of methoxy groups -OCH3 is 1. The van der Waals surface area contributed by atoms with Crippen LogP contribution in [-0.4, -0.2) is 56.1 Å². The van der Waals surface area contributed by atoms with E-state index in [1.165, 1.54) is 7.11 Å². The van der Waals surface area contributed by atoms with E-state index < -0.39 is 29.8 Å². The van der Waals surface area contributed by atoms with Crippen LogP contribution in [-0.2, 0) is 23.9 Å². The Kier molecular flexibility index (Phi) is 10.7. The molecule has 2 aliphatic rings. The molecule has 9 heteroatoms. The molecule has 0 spiro atoms. The van der Waals surface area contributed by atoms with Crippen LogP contribution in [0.2, 0.25) is 0 Å². The zero-order chi connectivity index (χ0) is 35.0. The molecule has 0 saturated heterocycles. The summed E-state index contributed by atoms with van der Waals surface area (Å²) in [6, 6.07) is 29.6. The highest BCUT2D eigenvalue weighted by Gasteiger charge is 2.32. The molecule has 6 rings (SSSR count). The van der Waals surface area contributed by atoms with Crippen LogP contribution >= 0.6 is 0 Å². The second-order valence-electron chi connectivity index (χ2n) is 12.7. The molecule has 2 atom stereocenters. The molecule has 3 N–H and O–H groups in total. The van der Waals surface area contributed by atoms with E-state index in [-0.39, 0.29) is 24.9 Å². The largest absolute Gasteiger partial charge is 0.467 e. The monoisotopic (exact) mass is 669 g/mol. The Morgan fingerprint density at radius 1 is 0.800 bits per heavy atom. The standard InChI is InChI=1S/C41H39N3O6/c1-26(23-38(46)50-25-36-34-9-5-3-7-32(34)33-8-4-6-10-35(33)36)39(41(48)49-2)44-40(47)29-17-13-27(14-18-29)11-12-28-15-19-31(20-16-28)43-37(45)24-42-30-21-22-30/h3-10,13-20,26,30,36,39,42H,21-25H2,1-2H3,(H,43,45)(H,44,47)/t26-,39-/m0/s1. The highest BCUT2D eigenvalue weighted by molar-refractivity contribution is 5.97. The molecule has 4 aromatic carbocycles. The highest BCUT2D eigenvalue weighted by atomic mass is 16.5. The van der Waals surface area contributed by atoms with Crippen molar-refractivity contribution in [1.82, 2.24) is 10.6 Å². The second kappa shape index (κ2) is 15.7. The van der Waals surface area contributed by atoms with Crippen molar-refractivity contribution in [1.29, 1.82) is 0 Å². The second-order valence-corrected chi connectivity index (χ2v) is 12.7. The van der Waals surface area contributed by atoms with Gasteiger partial charge in [-0.3, -0.25) is 14.4 Å². The number of ether oxygens (including phenoxy) is 2. The van der Waals surface area contributed by atoms with E-state index in [4.69, 9.17) is 9.47 Å². The van der Waals surface area contributed by atoms with Crippen molar-refractivity contribution in [3.8, 4) is 23.0 Å². The number of rotatable bonds is 12. The van der Waals surface area contributed by atoms with Crippen molar-refractivity contribution in [3.05, 3.63) is 125 Å². The molecule has 0 bridgehead atoms. The number of benzene rings is 4. The minimum Gasteiger partial charge on any atom is -0.467 e. The molecular weight excluding hydrogens is 630 g/mol. The minimum atomic E-state index is -1.06. The lowest BCUT2D eigenvalue weighted by atomic mass is 9.97. The molecular formula is C41H39N3O6. The fourth-order valence-corrected chi connectivity index (χ4v) is 6.06. The van der Waals surface area contributed by atoms with Crippen LogP contribution < -0.4 is 16.0 Å². The van der Waals surface area contributed by atoms with E-state index >= 15 is 0 Å². The van der Waals surface area contributed by atoms with Crippen molar-refractivity contribution in [2.24, 2.45) is 5.92 Å². The van der Waals surface area contributed by atoms with Crippen molar-refractivity contribution in [2.45, 2.75) is 44.2 Å². The predicted octanol–water partition coefficient (Wildman–Crippen LogP) is 5.43. The van der Waals surface area contributed by atoms with Crippen molar-refractivity contribution in [2.75, 3.05) is 25.6 Å². The van der Waals surface area contributed by atoms with E-state index in [1.807, 2.05) is 36.4 Å². The number of carbonyl (C=O) groups excluding carboxylic acids is 4. The van der Waals surface area contributed by atoms with E-state index in [0.717, 1.165) is 40.7 Å². The molecule has 0 heterocycles. The van der Waals surface area contributed by atoms with Crippen molar-refractivity contribution < 1.29 is 28.7 Å². The van der Waals surface area contributed by atoms with E-state index in [1.54, 1.807) is 43.3 Å². The summed E-state index contributed by atoms with van der Waals surface area (Å²) in [4.78, 5) is 50.9. The van der Waals surface area contributed by atoms with Gasteiger partial charge in [-0.15, -0.1) is 0 Å². The van der Waals surface area contributed by atoms with Gasteiger partial charge in [0.05, 0.1) is 20.1 Å². The molecule has 0 aromatic heterocycles. The third kappa shape index (κ3) is 8.46. The fourth-order valence-electron chi connectivity index (χ4n) is 6.06. The lowest BCUT2D eigenvalue weighted by molar-refractivity contribution is -0.147. The Morgan fingerprint density at radius 2 is 1.38 bits per heavy atom.